The van der Waals surface area contributed by atoms with E-state index in [0.29, 0.717) is 41.8 Å². The van der Waals surface area contributed by atoms with Crippen molar-refractivity contribution in [2.24, 2.45) is 5.92 Å². The Bertz CT molecular complexity index is 1010. The lowest BCUT2D eigenvalue weighted by Crippen LogP contribution is -2.40. The van der Waals surface area contributed by atoms with Crippen LogP contribution in [0.1, 0.15) is 25.1 Å². The average Bonchev–Trinajstić information content (AvgIpc) is 3.23. The van der Waals surface area contributed by atoms with Crippen LogP contribution < -0.4 is 0 Å². The van der Waals surface area contributed by atoms with Gasteiger partial charge in [0, 0.05) is 25.7 Å². The van der Waals surface area contributed by atoms with Crippen molar-refractivity contribution in [2.45, 2.75) is 30.6 Å². The molecule has 2 aromatic heterocycles. The van der Waals surface area contributed by atoms with E-state index in [9.17, 15) is 8.42 Å². The predicted octanol–water partition coefficient (Wildman–Crippen LogP) is 3.17. The average molecular weight is 398 g/mol. The summed E-state index contributed by atoms with van der Waals surface area (Å²) in [4.78, 5) is 8.97. The Morgan fingerprint density at radius 1 is 1.11 bits per heavy atom. The van der Waals surface area contributed by atoms with Crippen LogP contribution in [0.4, 0.5) is 0 Å². The summed E-state index contributed by atoms with van der Waals surface area (Å²) in [5.74, 6) is 1.32. The molecular weight excluding hydrogens is 376 g/mol. The molecule has 146 valence electrons. The molecule has 8 heteroatoms. The van der Waals surface area contributed by atoms with Gasteiger partial charge in [0.15, 0.2) is 5.82 Å². The van der Waals surface area contributed by atoms with Gasteiger partial charge in [0.2, 0.25) is 10.0 Å². The van der Waals surface area contributed by atoms with E-state index in [4.69, 9.17) is 4.52 Å². The maximum absolute atomic E-state index is 12.8. The van der Waals surface area contributed by atoms with Gasteiger partial charge < -0.3 is 4.52 Å². The van der Waals surface area contributed by atoms with Gasteiger partial charge in [-0.1, -0.05) is 29.4 Å². The summed E-state index contributed by atoms with van der Waals surface area (Å²) in [7, 11) is -3.43. The van der Waals surface area contributed by atoms with Crippen molar-refractivity contribution in [1.29, 1.82) is 0 Å². The van der Waals surface area contributed by atoms with Crippen molar-refractivity contribution < 1.29 is 12.9 Å². The molecule has 7 nitrogen and oxygen atoms in total. The van der Waals surface area contributed by atoms with E-state index in [0.717, 1.165) is 19.3 Å². The second-order valence-corrected chi connectivity index (χ2v) is 8.89. The van der Waals surface area contributed by atoms with Crippen LogP contribution in [0, 0.1) is 5.92 Å². The van der Waals surface area contributed by atoms with Crippen LogP contribution in [0.15, 0.2) is 64.1 Å². The van der Waals surface area contributed by atoms with Crippen molar-refractivity contribution in [3.63, 3.8) is 0 Å². The largest absolute Gasteiger partial charge is 0.332 e. The molecule has 1 atom stereocenters. The number of hydrogen-bond acceptors (Lipinski definition) is 6. The van der Waals surface area contributed by atoms with E-state index in [1.807, 2.05) is 24.3 Å². The summed E-state index contributed by atoms with van der Waals surface area (Å²) in [5.41, 5.74) is 0.652. The highest BCUT2D eigenvalue weighted by atomic mass is 32.2. The van der Waals surface area contributed by atoms with Crippen LogP contribution in [0.25, 0.3) is 11.6 Å². The van der Waals surface area contributed by atoms with Gasteiger partial charge in [-0.05, 0) is 49.4 Å². The number of sulfonamides is 1. The van der Waals surface area contributed by atoms with Crippen LogP contribution in [0.2, 0.25) is 0 Å². The van der Waals surface area contributed by atoms with Crippen LogP contribution in [0.5, 0.6) is 0 Å². The molecule has 1 aliphatic rings. The smallest absolute Gasteiger partial charge is 0.276 e. The predicted molar refractivity (Wildman–Crippen MR) is 104 cm³/mol. The fraction of sp³-hybridized carbons (Fsp3) is 0.350. The molecule has 1 saturated heterocycles. The zero-order chi connectivity index (χ0) is 19.4. The molecule has 0 saturated carbocycles. The standard InChI is InChI=1S/C20H22N4O3S/c25-28(26,17-8-2-1-3-9-17)24-14-6-7-16(15-24)11-12-19-22-20(27-23-19)18-10-4-5-13-21-18/h1-5,8-10,13,16H,6-7,11-12,14-15H2. The van der Waals surface area contributed by atoms with Crippen LogP contribution in [-0.2, 0) is 16.4 Å². The van der Waals surface area contributed by atoms with Crippen molar-refractivity contribution >= 4 is 10.0 Å². The highest BCUT2D eigenvalue weighted by Gasteiger charge is 2.30. The van der Waals surface area contributed by atoms with E-state index in [-0.39, 0.29) is 5.92 Å². The minimum absolute atomic E-state index is 0.282. The first-order valence-corrected chi connectivity index (χ1v) is 10.9. The molecule has 0 bridgehead atoms. The Morgan fingerprint density at radius 3 is 2.71 bits per heavy atom. The quantitative estimate of drug-likeness (QED) is 0.634. The highest BCUT2D eigenvalue weighted by Crippen LogP contribution is 2.26. The first-order chi connectivity index (χ1) is 13.6. The molecule has 1 aromatic carbocycles. The molecular formula is C20H22N4O3S. The van der Waals surface area contributed by atoms with Crippen LogP contribution in [0.3, 0.4) is 0 Å². The lowest BCUT2D eigenvalue weighted by Gasteiger charge is -2.31. The number of hydrogen-bond donors (Lipinski definition) is 0. The zero-order valence-corrected chi connectivity index (χ0v) is 16.3. The fourth-order valence-electron chi connectivity index (χ4n) is 3.50. The Hall–Kier alpha value is -2.58. The second kappa shape index (κ2) is 8.20. The lowest BCUT2D eigenvalue weighted by atomic mass is 9.94. The van der Waals surface area contributed by atoms with Crippen molar-refractivity contribution in [3.8, 4) is 11.6 Å². The summed E-state index contributed by atoms with van der Waals surface area (Å²) in [6.07, 6.45) is 5.03. The number of benzene rings is 1. The van der Waals surface area contributed by atoms with Gasteiger partial charge in [-0.2, -0.15) is 9.29 Å². The first kappa shape index (κ1) is 18.8. The summed E-state index contributed by atoms with van der Waals surface area (Å²) >= 11 is 0. The number of aromatic nitrogens is 3. The number of nitrogens with zero attached hydrogens (tertiary/aromatic N) is 4. The molecule has 0 radical (unpaired) electrons. The zero-order valence-electron chi connectivity index (χ0n) is 15.4. The number of rotatable bonds is 6. The van der Waals surface area contributed by atoms with Crippen molar-refractivity contribution in [2.75, 3.05) is 13.1 Å². The third kappa shape index (κ3) is 4.13. The van der Waals surface area contributed by atoms with Gasteiger partial charge in [0.25, 0.3) is 5.89 Å². The molecule has 28 heavy (non-hydrogen) atoms. The monoisotopic (exact) mass is 398 g/mol. The molecule has 1 fully saturated rings. The van der Waals surface area contributed by atoms with Crippen molar-refractivity contribution in [1.82, 2.24) is 19.4 Å². The Kier molecular flexibility index (Phi) is 5.50. The molecule has 3 aromatic rings. The molecule has 1 unspecified atom stereocenters. The van der Waals surface area contributed by atoms with E-state index in [1.54, 1.807) is 34.8 Å². The molecule has 0 N–H and O–H groups in total. The number of piperidine rings is 1. The Morgan fingerprint density at radius 2 is 1.93 bits per heavy atom. The van der Waals surface area contributed by atoms with E-state index >= 15 is 0 Å². The molecule has 0 amide bonds. The minimum Gasteiger partial charge on any atom is -0.332 e. The fourth-order valence-corrected chi connectivity index (χ4v) is 5.08. The third-order valence-corrected chi connectivity index (χ3v) is 6.87. The molecule has 4 rings (SSSR count). The van der Waals surface area contributed by atoms with Crippen LogP contribution in [-0.4, -0.2) is 40.9 Å². The molecule has 3 heterocycles. The normalized spacial score (nSPS) is 18.2. The van der Waals surface area contributed by atoms with Gasteiger partial charge in [0.05, 0.1) is 4.90 Å². The second-order valence-electron chi connectivity index (χ2n) is 6.95. The Balaban J connectivity index is 1.38. The summed E-state index contributed by atoms with van der Waals surface area (Å²) in [6.45, 7) is 1.10. The highest BCUT2D eigenvalue weighted by molar-refractivity contribution is 7.89. The maximum Gasteiger partial charge on any atom is 0.276 e. The van der Waals surface area contributed by atoms with Gasteiger partial charge in [-0.15, -0.1) is 0 Å². The van der Waals surface area contributed by atoms with Crippen LogP contribution >= 0.6 is 0 Å². The third-order valence-electron chi connectivity index (χ3n) is 4.99. The summed E-state index contributed by atoms with van der Waals surface area (Å²) in [5, 5.41) is 4.03. The topological polar surface area (TPSA) is 89.2 Å². The number of pyridine rings is 1. The minimum atomic E-state index is -3.43. The lowest BCUT2D eigenvalue weighted by molar-refractivity contribution is 0.254. The van der Waals surface area contributed by atoms with Gasteiger partial charge in [-0.3, -0.25) is 4.98 Å². The van der Waals surface area contributed by atoms with Gasteiger partial charge in [-0.25, -0.2) is 8.42 Å². The van der Waals surface area contributed by atoms with Crippen molar-refractivity contribution in [3.05, 3.63) is 60.6 Å². The summed E-state index contributed by atoms with van der Waals surface area (Å²) < 4.78 is 32.6. The summed E-state index contributed by atoms with van der Waals surface area (Å²) in [6, 6.07) is 14.2. The number of aryl methyl sites for hydroxylation is 1. The Labute approximate surface area is 164 Å². The molecule has 0 aliphatic carbocycles. The van der Waals surface area contributed by atoms with E-state index in [1.165, 1.54) is 0 Å². The molecule has 0 spiro atoms. The molecule has 1 aliphatic heterocycles. The first-order valence-electron chi connectivity index (χ1n) is 9.42. The van der Waals surface area contributed by atoms with E-state index < -0.39 is 10.0 Å². The maximum atomic E-state index is 12.8. The van der Waals surface area contributed by atoms with Gasteiger partial charge >= 0.3 is 0 Å². The van der Waals surface area contributed by atoms with E-state index in [2.05, 4.69) is 15.1 Å². The van der Waals surface area contributed by atoms with Gasteiger partial charge in [0.1, 0.15) is 5.69 Å². The SMILES string of the molecule is O=S(=O)(c1ccccc1)N1CCCC(CCc2noc(-c3ccccn3)n2)C1.